The summed E-state index contributed by atoms with van der Waals surface area (Å²) in [7, 11) is 0. The minimum atomic E-state index is -1.12. The number of nitrogens with one attached hydrogen (secondary N) is 1. The molecule has 204 valence electrons. The monoisotopic (exact) mass is 530 g/mol. The Labute approximate surface area is 228 Å². The summed E-state index contributed by atoms with van der Waals surface area (Å²) < 4.78 is 21.8. The zero-order chi connectivity index (χ0) is 28.4. The number of hydrogen-bond donors (Lipinski definition) is 2. The Morgan fingerprint density at radius 1 is 0.974 bits per heavy atom. The van der Waals surface area contributed by atoms with Gasteiger partial charge in [-0.05, 0) is 86.2 Å². The van der Waals surface area contributed by atoms with E-state index in [9.17, 15) is 14.0 Å². The van der Waals surface area contributed by atoms with Crippen molar-refractivity contribution in [3.63, 3.8) is 0 Å². The first-order valence-electron chi connectivity index (χ1n) is 13.1. The second-order valence-electron chi connectivity index (χ2n) is 10.4. The molecule has 0 unspecified atom stereocenters. The van der Waals surface area contributed by atoms with Gasteiger partial charge in [0.05, 0.1) is 6.04 Å². The summed E-state index contributed by atoms with van der Waals surface area (Å²) in [6, 6.07) is 18.0. The highest BCUT2D eigenvalue weighted by Crippen LogP contribution is 2.29. The number of amides is 1. The van der Waals surface area contributed by atoms with Gasteiger partial charge in [-0.2, -0.15) is 0 Å². The lowest BCUT2D eigenvalue weighted by atomic mass is 9.98. The van der Waals surface area contributed by atoms with E-state index in [0.717, 1.165) is 27.7 Å². The number of carboxylic acid groups (broad SMARTS) is 1. The van der Waals surface area contributed by atoms with Gasteiger partial charge in [0.2, 0.25) is 0 Å². The fraction of sp³-hybridized carbons (Fsp3) is 0.312. The molecule has 4 aromatic rings. The number of carbonyl (C=O) groups excluding carboxylic acids is 1. The van der Waals surface area contributed by atoms with Crippen LogP contribution in [0.1, 0.15) is 78.0 Å². The fourth-order valence-electron chi connectivity index (χ4n) is 4.76. The summed E-state index contributed by atoms with van der Waals surface area (Å²) in [6.07, 6.45) is -1.09. The molecule has 6 nitrogen and oxygen atoms in total. The zero-order valence-electron chi connectivity index (χ0n) is 23.2. The van der Waals surface area contributed by atoms with Crippen LogP contribution < -0.4 is 10.1 Å². The number of carboxylic acids is 1. The smallest absolute Gasteiger partial charge is 0.344 e. The predicted octanol–water partition coefficient (Wildman–Crippen LogP) is 6.91. The van der Waals surface area contributed by atoms with Gasteiger partial charge in [-0.25, -0.2) is 9.18 Å². The van der Waals surface area contributed by atoms with E-state index >= 15 is 0 Å². The molecule has 3 aromatic carbocycles. The Hall–Kier alpha value is -4.13. The number of carbonyl (C=O) groups is 2. The van der Waals surface area contributed by atoms with Gasteiger partial charge in [-0.1, -0.05) is 38.1 Å². The normalized spacial score (nSPS) is 12.9. The maximum absolute atomic E-state index is 14.4. The summed E-state index contributed by atoms with van der Waals surface area (Å²) in [5, 5.41) is 13.2. The van der Waals surface area contributed by atoms with Crippen molar-refractivity contribution in [1.29, 1.82) is 0 Å². The van der Waals surface area contributed by atoms with Gasteiger partial charge in [0.1, 0.15) is 11.6 Å². The fourth-order valence-corrected chi connectivity index (χ4v) is 4.76. The first-order chi connectivity index (χ1) is 18.4. The number of ether oxygens (including phenoxy) is 1. The van der Waals surface area contributed by atoms with Crippen molar-refractivity contribution in [1.82, 2.24) is 9.88 Å². The Balaban J connectivity index is 1.58. The summed E-state index contributed by atoms with van der Waals surface area (Å²) >= 11 is 0. The molecule has 39 heavy (non-hydrogen) atoms. The lowest BCUT2D eigenvalue weighted by Gasteiger charge is -2.17. The van der Waals surface area contributed by atoms with Crippen LogP contribution in [-0.4, -0.2) is 27.7 Å². The Morgan fingerprint density at radius 2 is 1.69 bits per heavy atom. The van der Waals surface area contributed by atoms with Crippen LogP contribution >= 0.6 is 0 Å². The number of benzene rings is 3. The number of aromatic nitrogens is 1. The Morgan fingerprint density at radius 3 is 2.38 bits per heavy atom. The van der Waals surface area contributed by atoms with E-state index in [1.54, 1.807) is 12.1 Å². The molecule has 0 aliphatic heterocycles. The van der Waals surface area contributed by atoms with Crippen LogP contribution in [0.3, 0.4) is 0 Å². The van der Waals surface area contributed by atoms with Gasteiger partial charge >= 0.3 is 5.97 Å². The van der Waals surface area contributed by atoms with E-state index in [2.05, 4.69) is 35.9 Å². The second-order valence-corrected chi connectivity index (χ2v) is 10.4. The summed E-state index contributed by atoms with van der Waals surface area (Å²) in [4.78, 5) is 24.3. The maximum Gasteiger partial charge on any atom is 0.344 e. The third-order valence-corrected chi connectivity index (χ3v) is 7.26. The average Bonchev–Trinajstić information content (AvgIpc) is 3.12. The van der Waals surface area contributed by atoms with Crippen molar-refractivity contribution in [3.8, 4) is 5.75 Å². The zero-order valence-corrected chi connectivity index (χ0v) is 23.2. The molecule has 2 N–H and O–H groups in total. The van der Waals surface area contributed by atoms with Crippen LogP contribution in [0, 0.1) is 19.7 Å². The van der Waals surface area contributed by atoms with Crippen molar-refractivity contribution in [2.45, 2.75) is 66.2 Å². The Bertz CT molecular complexity index is 1540. The SMILES string of the molecule is Cc1c(C)n(Cc2cc(F)cc(O[C@@H](C)C(=O)O)c2)c2ccc(C(=O)N[C@@H](C)c3cccc(C(C)C)c3)cc12. The molecule has 0 bridgehead atoms. The highest BCUT2D eigenvalue weighted by Gasteiger charge is 2.18. The van der Waals surface area contributed by atoms with Gasteiger partial charge in [-0.3, -0.25) is 4.79 Å². The van der Waals surface area contributed by atoms with Crippen LogP contribution in [0.25, 0.3) is 10.9 Å². The third-order valence-electron chi connectivity index (χ3n) is 7.26. The number of fused-ring (bicyclic) bond motifs is 1. The van der Waals surface area contributed by atoms with Crippen LogP contribution in [0.15, 0.2) is 60.7 Å². The minimum absolute atomic E-state index is 0.146. The van der Waals surface area contributed by atoms with Crippen LogP contribution in [-0.2, 0) is 11.3 Å². The molecule has 1 aromatic heterocycles. The molecule has 0 aliphatic carbocycles. The van der Waals surface area contributed by atoms with Crippen molar-refractivity contribution < 1.29 is 23.8 Å². The third kappa shape index (κ3) is 6.14. The molecule has 1 heterocycles. The molecule has 7 heteroatoms. The number of halogens is 1. The molecular formula is C32H35FN2O4. The topological polar surface area (TPSA) is 80.6 Å². The standard InChI is InChI=1S/C32H35FN2O4/c1-18(2)24-8-7-9-25(14-24)20(4)34-31(36)26-10-11-30-29(15-26)19(3)21(5)35(30)17-23-12-27(33)16-28(13-23)39-22(6)32(37)38/h7-16,18,20,22H,17H2,1-6H3,(H,34,36)(H,37,38)/t20-,22-/m0/s1. The second kappa shape index (κ2) is 11.3. The maximum atomic E-state index is 14.4. The van der Waals surface area contributed by atoms with E-state index < -0.39 is 17.9 Å². The van der Waals surface area contributed by atoms with Crippen molar-refractivity contribution in [2.24, 2.45) is 0 Å². The quantitative estimate of drug-likeness (QED) is 0.246. The lowest BCUT2D eigenvalue weighted by Crippen LogP contribution is -2.26. The molecule has 0 saturated heterocycles. The molecule has 2 atom stereocenters. The molecule has 4 rings (SSSR count). The van der Waals surface area contributed by atoms with E-state index in [-0.39, 0.29) is 17.7 Å². The van der Waals surface area contributed by atoms with E-state index in [1.807, 2.05) is 45.0 Å². The van der Waals surface area contributed by atoms with Gasteiger partial charge < -0.3 is 19.7 Å². The number of nitrogens with zero attached hydrogens (tertiary/aromatic N) is 1. The number of hydrogen-bond acceptors (Lipinski definition) is 3. The highest BCUT2D eigenvalue weighted by molar-refractivity contribution is 5.99. The highest BCUT2D eigenvalue weighted by atomic mass is 19.1. The molecule has 0 radical (unpaired) electrons. The van der Waals surface area contributed by atoms with Gasteiger partial charge in [-0.15, -0.1) is 0 Å². The molecule has 0 fully saturated rings. The van der Waals surface area contributed by atoms with Crippen LogP contribution in [0.2, 0.25) is 0 Å². The van der Waals surface area contributed by atoms with Crippen molar-refractivity contribution in [3.05, 3.63) is 100.0 Å². The van der Waals surface area contributed by atoms with Gasteiger partial charge in [0, 0.05) is 34.8 Å². The average molecular weight is 531 g/mol. The van der Waals surface area contributed by atoms with Gasteiger partial charge in [0.15, 0.2) is 6.10 Å². The van der Waals surface area contributed by atoms with Crippen molar-refractivity contribution >= 4 is 22.8 Å². The number of aliphatic carboxylic acids is 1. The summed E-state index contributed by atoms with van der Waals surface area (Å²) in [5.74, 6) is -1.20. The molecule has 0 aliphatic rings. The van der Waals surface area contributed by atoms with Gasteiger partial charge in [0.25, 0.3) is 5.91 Å². The largest absolute Gasteiger partial charge is 0.479 e. The van der Waals surface area contributed by atoms with E-state index in [4.69, 9.17) is 9.84 Å². The molecule has 1 amide bonds. The number of rotatable bonds is 9. The number of aryl methyl sites for hydroxylation is 1. The molecule has 0 saturated carbocycles. The Kier molecular flexibility index (Phi) is 8.09. The van der Waals surface area contributed by atoms with Crippen LogP contribution in [0.4, 0.5) is 4.39 Å². The molecular weight excluding hydrogens is 495 g/mol. The van der Waals surface area contributed by atoms with Crippen LogP contribution in [0.5, 0.6) is 5.75 Å². The molecule has 0 spiro atoms. The summed E-state index contributed by atoms with van der Waals surface area (Å²) in [5.41, 5.74) is 6.45. The first-order valence-corrected chi connectivity index (χ1v) is 13.1. The predicted molar refractivity (Wildman–Crippen MR) is 151 cm³/mol. The lowest BCUT2D eigenvalue weighted by molar-refractivity contribution is -0.144. The van der Waals surface area contributed by atoms with E-state index in [1.165, 1.54) is 24.6 Å². The summed E-state index contributed by atoms with van der Waals surface area (Å²) in [6.45, 7) is 12.0. The van der Waals surface area contributed by atoms with E-state index in [0.29, 0.717) is 23.6 Å². The first kappa shape index (κ1) is 27.9. The van der Waals surface area contributed by atoms with Crippen molar-refractivity contribution in [2.75, 3.05) is 0 Å². The minimum Gasteiger partial charge on any atom is -0.479 e.